The molecule has 0 N–H and O–H groups in total. The lowest BCUT2D eigenvalue weighted by atomic mass is 10.2. The lowest BCUT2D eigenvalue weighted by molar-refractivity contribution is 0.254. The molecule has 0 spiro atoms. The van der Waals surface area contributed by atoms with E-state index in [0.29, 0.717) is 0 Å². The van der Waals surface area contributed by atoms with Crippen molar-refractivity contribution in [1.82, 2.24) is 10.1 Å². The molecule has 1 aromatic heterocycles. The third-order valence-electron chi connectivity index (χ3n) is 3.89. The average Bonchev–Trinajstić information content (AvgIpc) is 3.02. The van der Waals surface area contributed by atoms with Crippen LogP contribution in [0.3, 0.4) is 0 Å². The Balaban J connectivity index is 1.40. The van der Waals surface area contributed by atoms with Crippen LogP contribution in [0, 0.1) is 0 Å². The molecule has 106 valence electrons. The van der Waals surface area contributed by atoms with Crippen molar-refractivity contribution < 1.29 is 4.52 Å². The molecular weight excluding hydrogens is 250 g/mol. The zero-order valence-corrected chi connectivity index (χ0v) is 11.7. The summed E-state index contributed by atoms with van der Waals surface area (Å²) in [7, 11) is 0. The Kier molecular flexibility index (Phi) is 4.33. The first-order valence-electron chi connectivity index (χ1n) is 7.33. The van der Waals surface area contributed by atoms with E-state index in [1.807, 2.05) is 6.07 Å². The van der Waals surface area contributed by atoms with Gasteiger partial charge in [-0.05, 0) is 31.5 Å². The highest BCUT2D eigenvalue weighted by molar-refractivity contribution is 5.46. The number of piperazine rings is 1. The van der Waals surface area contributed by atoms with Crippen molar-refractivity contribution in [2.24, 2.45) is 0 Å². The molecule has 1 saturated heterocycles. The minimum Gasteiger partial charge on any atom is -0.369 e. The van der Waals surface area contributed by atoms with Gasteiger partial charge in [0, 0.05) is 37.9 Å². The zero-order valence-electron chi connectivity index (χ0n) is 11.7. The van der Waals surface area contributed by atoms with Crippen LogP contribution >= 0.6 is 0 Å². The molecule has 4 heteroatoms. The molecule has 0 aliphatic carbocycles. The van der Waals surface area contributed by atoms with Gasteiger partial charge >= 0.3 is 0 Å². The minimum atomic E-state index is 1.01. The summed E-state index contributed by atoms with van der Waals surface area (Å²) in [5, 5.41) is 3.95. The normalized spacial score (nSPS) is 16.5. The molecule has 20 heavy (non-hydrogen) atoms. The first kappa shape index (κ1) is 13.2. The zero-order chi connectivity index (χ0) is 13.6. The third-order valence-corrected chi connectivity index (χ3v) is 3.89. The number of anilines is 1. The van der Waals surface area contributed by atoms with Gasteiger partial charge in [0.1, 0.15) is 6.26 Å². The van der Waals surface area contributed by atoms with Gasteiger partial charge in [-0.1, -0.05) is 23.4 Å². The number of rotatable bonds is 5. The highest BCUT2D eigenvalue weighted by Gasteiger charge is 2.16. The second-order valence-electron chi connectivity index (χ2n) is 5.26. The summed E-state index contributed by atoms with van der Waals surface area (Å²) in [6, 6.07) is 12.6. The number of hydrogen-bond acceptors (Lipinski definition) is 4. The molecule has 0 atom stereocenters. The Morgan fingerprint density at radius 1 is 1.00 bits per heavy atom. The smallest absolute Gasteiger partial charge is 0.124 e. The second-order valence-corrected chi connectivity index (χ2v) is 5.26. The number of para-hydroxylation sites is 1. The Hall–Kier alpha value is -1.81. The maximum atomic E-state index is 4.85. The lowest BCUT2D eigenvalue weighted by Crippen LogP contribution is -2.46. The summed E-state index contributed by atoms with van der Waals surface area (Å²) in [5.41, 5.74) is 2.41. The van der Waals surface area contributed by atoms with Gasteiger partial charge in [-0.2, -0.15) is 0 Å². The summed E-state index contributed by atoms with van der Waals surface area (Å²) in [6.45, 7) is 5.68. The van der Waals surface area contributed by atoms with Gasteiger partial charge in [-0.3, -0.25) is 4.90 Å². The van der Waals surface area contributed by atoms with Crippen LogP contribution in [0.25, 0.3) is 0 Å². The van der Waals surface area contributed by atoms with Gasteiger partial charge in [0.2, 0.25) is 0 Å². The van der Waals surface area contributed by atoms with Crippen LogP contribution in [-0.2, 0) is 6.42 Å². The summed E-state index contributed by atoms with van der Waals surface area (Å²) < 4.78 is 4.85. The van der Waals surface area contributed by atoms with Crippen molar-refractivity contribution in [1.29, 1.82) is 0 Å². The fourth-order valence-corrected chi connectivity index (χ4v) is 2.72. The van der Waals surface area contributed by atoms with E-state index in [9.17, 15) is 0 Å². The number of aryl methyl sites for hydroxylation is 1. The van der Waals surface area contributed by atoms with E-state index in [0.717, 1.165) is 51.3 Å². The first-order valence-corrected chi connectivity index (χ1v) is 7.33. The van der Waals surface area contributed by atoms with Gasteiger partial charge < -0.3 is 9.42 Å². The second kappa shape index (κ2) is 6.57. The molecule has 2 heterocycles. The third kappa shape index (κ3) is 3.39. The molecule has 2 aromatic rings. The maximum absolute atomic E-state index is 4.85. The molecule has 3 rings (SSSR count). The van der Waals surface area contributed by atoms with Crippen LogP contribution in [0.1, 0.15) is 12.1 Å². The van der Waals surface area contributed by atoms with Crippen molar-refractivity contribution >= 4 is 5.69 Å². The lowest BCUT2D eigenvalue weighted by Gasteiger charge is -2.36. The van der Waals surface area contributed by atoms with Crippen molar-refractivity contribution in [3.05, 3.63) is 48.4 Å². The van der Waals surface area contributed by atoms with E-state index >= 15 is 0 Å². The summed E-state index contributed by atoms with van der Waals surface area (Å²) in [4.78, 5) is 5.01. The molecule has 0 radical (unpaired) electrons. The van der Waals surface area contributed by atoms with Gasteiger partial charge in [0.15, 0.2) is 0 Å². The number of nitrogens with zero attached hydrogens (tertiary/aromatic N) is 3. The molecule has 1 aromatic carbocycles. The number of hydrogen-bond donors (Lipinski definition) is 0. The van der Waals surface area contributed by atoms with Crippen LogP contribution in [0.5, 0.6) is 0 Å². The largest absolute Gasteiger partial charge is 0.369 e. The molecule has 1 aliphatic heterocycles. The fourth-order valence-electron chi connectivity index (χ4n) is 2.72. The highest BCUT2D eigenvalue weighted by Crippen LogP contribution is 2.15. The number of aromatic nitrogens is 1. The maximum Gasteiger partial charge on any atom is 0.124 e. The molecule has 0 bridgehead atoms. The van der Waals surface area contributed by atoms with Gasteiger partial charge in [-0.15, -0.1) is 0 Å². The minimum absolute atomic E-state index is 1.01. The van der Waals surface area contributed by atoms with E-state index in [1.54, 1.807) is 6.26 Å². The standard InChI is InChI=1S/C16H21N3O/c1-2-6-16(7-3-1)19-12-10-18(11-13-19)9-4-5-15-8-14-20-17-15/h1-3,6-8,14H,4-5,9-13H2. The Morgan fingerprint density at radius 2 is 1.80 bits per heavy atom. The molecule has 4 nitrogen and oxygen atoms in total. The van der Waals surface area contributed by atoms with Crippen LogP contribution in [0.2, 0.25) is 0 Å². The van der Waals surface area contributed by atoms with Crippen molar-refractivity contribution in [3.8, 4) is 0 Å². The van der Waals surface area contributed by atoms with Crippen LogP contribution < -0.4 is 4.90 Å². The average molecular weight is 271 g/mol. The quantitative estimate of drug-likeness (QED) is 0.836. The summed E-state index contributed by atoms with van der Waals surface area (Å²) >= 11 is 0. The number of benzene rings is 1. The summed E-state index contributed by atoms with van der Waals surface area (Å²) in [5.74, 6) is 0. The van der Waals surface area contributed by atoms with E-state index in [-0.39, 0.29) is 0 Å². The fraction of sp³-hybridized carbons (Fsp3) is 0.438. The Bertz CT molecular complexity index is 490. The van der Waals surface area contributed by atoms with Crippen molar-refractivity contribution in [2.45, 2.75) is 12.8 Å². The molecule has 0 saturated carbocycles. The van der Waals surface area contributed by atoms with Gasteiger partial charge in [0.25, 0.3) is 0 Å². The monoisotopic (exact) mass is 271 g/mol. The highest BCUT2D eigenvalue weighted by atomic mass is 16.5. The Morgan fingerprint density at radius 3 is 2.50 bits per heavy atom. The molecule has 1 aliphatic rings. The van der Waals surface area contributed by atoms with Crippen LogP contribution in [0.4, 0.5) is 5.69 Å². The SMILES string of the molecule is c1ccc(N2CCN(CCCc3ccon3)CC2)cc1. The Labute approximate surface area is 120 Å². The van der Waals surface area contributed by atoms with Gasteiger partial charge in [-0.25, -0.2) is 0 Å². The van der Waals surface area contributed by atoms with E-state index in [4.69, 9.17) is 4.52 Å². The topological polar surface area (TPSA) is 32.5 Å². The molecule has 1 fully saturated rings. The first-order chi connectivity index (χ1) is 9.92. The summed E-state index contributed by atoms with van der Waals surface area (Å²) in [6.07, 6.45) is 3.81. The van der Waals surface area contributed by atoms with Crippen LogP contribution in [-0.4, -0.2) is 42.8 Å². The molecule has 0 unspecified atom stereocenters. The van der Waals surface area contributed by atoms with Crippen molar-refractivity contribution in [2.75, 3.05) is 37.6 Å². The molecular formula is C16H21N3O. The van der Waals surface area contributed by atoms with E-state index in [1.165, 1.54) is 5.69 Å². The predicted molar refractivity (Wildman–Crippen MR) is 79.9 cm³/mol. The van der Waals surface area contributed by atoms with E-state index in [2.05, 4.69) is 45.3 Å². The van der Waals surface area contributed by atoms with Gasteiger partial charge in [0.05, 0.1) is 5.69 Å². The van der Waals surface area contributed by atoms with Crippen molar-refractivity contribution in [3.63, 3.8) is 0 Å². The molecule has 0 amide bonds. The predicted octanol–water partition coefficient (Wildman–Crippen LogP) is 2.43. The van der Waals surface area contributed by atoms with Crippen LogP contribution in [0.15, 0.2) is 47.2 Å². The van der Waals surface area contributed by atoms with E-state index < -0.39 is 0 Å².